The third-order valence-electron chi connectivity index (χ3n) is 5.32. The summed E-state index contributed by atoms with van der Waals surface area (Å²) in [7, 11) is 1.67. The minimum Gasteiger partial charge on any atom is -0.397 e. The molecule has 1 aliphatic heterocycles. The van der Waals surface area contributed by atoms with E-state index in [1.165, 1.54) is 44.9 Å². The molecular weight excluding hydrogens is 254 g/mol. The molecule has 19 heavy (non-hydrogen) atoms. The number of hydrogen-bond acceptors (Lipinski definition) is 3. The third-order valence-corrected chi connectivity index (χ3v) is 9.33. The topological polar surface area (TPSA) is 30.5 Å². The van der Waals surface area contributed by atoms with Gasteiger partial charge in [0.15, 0.2) is 0 Å². The van der Waals surface area contributed by atoms with Gasteiger partial charge >= 0.3 is 8.56 Å². The zero-order valence-corrected chi connectivity index (χ0v) is 13.9. The zero-order chi connectivity index (χ0) is 13.7. The van der Waals surface area contributed by atoms with Crippen LogP contribution in [-0.4, -0.2) is 35.0 Å². The van der Waals surface area contributed by atoms with Gasteiger partial charge in [-0.2, -0.15) is 0 Å². The van der Waals surface area contributed by atoms with E-state index in [0.717, 1.165) is 24.4 Å². The fourth-order valence-electron chi connectivity index (χ4n) is 4.21. The Hall–Kier alpha value is 0.0969. The highest BCUT2D eigenvalue weighted by atomic mass is 28.4. The van der Waals surface area contributed by atoms with Gasteiger partial charge < -0.3 is 14.2 Å². The van der Waals surface area contributed by atoms with E-state index in [-0.39, 0.29) is 0 Å². The Morgan fingerprint density at radius 3 is 2.53 bits per heavy atom. The van der Waals surface area contributed by atoms with Gasteiger partial charge in [-0.25, -0.2) is 0 Å². The van der Waals surface area contributed by atoms with Crippen LogP contribution in [0.25, 0.3) is 0 Å². The van der Waals surface area contributed by atoms with Gasteiger partial charge in [-0.15, -0.1) is 0 Å². The average molecular weight is 286 g/mol. The first-order chi connectivity index (χ1) is 9.27. The molecule has 4 heteroatoms. The highest BCUT2D eigenvalue weighted by molar-refractivity contribution is 6.69. The summed E-state index contributed by atoms with van der Waals surface area (Å²) in [5, 5.41) is 3.78. The second-order valence-corrected chi connectivity index (χ2v) is 9.81. The lowest BCUT2D eigenvalue weighted by atomic mass is 9.75. The molecule has 3 atom stereocenters. The first-order valence-corrected chi connectivity index (χ1v) is 10.2. The monoisotopic (exact) mass is 285 g/mol. The smallest absolute Gasteiger partial charge is 0.355 e. The number of unbranched alkanes of at least 4 members (excludes halogenated alkanes) is 1. The van der Waals surface area contributed by atoms with Gasteiger partial charge in [-0.05, 0) is 37.3 Å². The van der Waals surface area contributed by atoms with Gasteiger partial charge in [-0.1, -0.05) is 39.0 Å². The predicted molar refractivity (Wildman–Crippen MR) is 81.3 cm³/mol. The van der Waals surface area contributed by atoms with Gasteiger partial charge in [-0.3, -0.25) is 0 Å². The number of rotatable bonds is 6. The van der Waals surface area contributed by atoms with E-state index in [4.69, 9.17) is 8.85 Å². The summed E-state index contributed by atoms with van der Waals surface area (Å²) < 4.78 is 12.1. The molecule has 1 N–H and O–H groups in total. The first-order valence-electron chi connectivity index (χ1n) is 8.11. The number of nitrogens with one attached hydrogen (secondary N) is 1. The van der Waals surface area contributed by atoms with Crippen LogP contribution in [0.15, 0.2) is 0 Å². The molecular formula is C15H31NO2Si. The lowest BCUT2D eigenvalue weighted by Gasteiger charge is -2.48. The minimum absolute atomic E-state index is 0.507. The van der Waals surface area contributed by atoms with Crippen LogP contribution >= 0.6 is 0 Å². The summed E-state index contributed by atoms with van der Waals surface area (Å²) in [5.74, 6) is 1.71. The predicted octanol–water partition coefficient (Wildman–Crippen LogP) is 3.23. The van der Waals surface area contributed by atoms with Crippen LogP contribution in [0.4, 0.5) is 0 Å². The molecule has 0 amide bonds. The number of fused-ring (bicyclic) bond motifs is 1. The summed E-state index contributed by atoms with van der Waals surface area (Å²) in [6.07, 6.45) is 9.42. The van der Waals surface area contributed by atoms with E-state index >= 15 is 0 Å². The fraction of sp³-hybridized carbons (Fsp3) is 1.00. The van der Waals surface area contributed by atoms with Crippen LogP contribution in [-0.2, 0) is 8.85 Å². The van der Waals surface area contributed by atoms with Crippen LogP contribution in [0.3, 0.4) is 0 Å². The Kier molecular flexibility index (Phi) is 5.87. The first kappa shape index (κ1) is 15.5. The van der Waals surface area contributed by atoms with Crippen LogP contribution in [0.1, 0.15) is 51.9 Å². The van der Waals surface area contributed by atoms with Crippen molar-refractivity contribution in [2.75, 3.05) is 20.8 Å². The van der Waals surface area contributed by atoms with Crippen LogP contribution in [0.5, 0.6) is 0 Å². The van der Waals surface area contributed by atoms with E-state index in [2.05, 4.69) is 12.2 Å². The van der Waals surface area contributed by atoms with Crippen LogP contribution < -0.4 is 5.32 Å². The molecule has 3 nitrogen and oxygen atoms in total. The molecule has 0 bridgehead atoms. The van der Waals surface area contributed by atoms with Gasteiger partial charge in [0.25, 0.3) is 0 Å². The van der Waals surface area contributed by atoms with E-state index in [9.17, 15) is 0 Å². The molecule has 0 aromatic heterocycles. The van der Waals surface area contributed by atoms with Gasteiger partial charge in [0.05, 0.1) is 5.67 Å². The number of piperidine rings is 1. The fourth-order valence-corrected chi connectivity index (χ4v) is 8.00. The Bertz CT molecular complexity index is 269. The average Bonchev–Trinajstić information content (AvgIpc) is 2.49. The van der Waals surface area contributed by atoms with Crippen molar-refractivity contribution in [1.29, 1.82) is 0 Å². The summed E-state index contributed by atoms with van der Waals surface area (Å²) in [5.41, 5.74) is 0.507. The molecule has 2 rings (SSSR count). The summed E-state index contributed by atoms with van der Waals surface area (Å²) in [4.78, 5) is 0. The quantitative estimate of drug-likeness (QED) is 0.760. The molecule has 1 saturated carbocycles. The van der Waals surface area contributed by atoms with Crippen molar-refractivity contribution in [2.45, 2.75) is 63.6 Å². The molecule has 2 aliphatic rings. The Morgan fingerprint density at radius 1 is 1.11 bits per heavy atom. The molecule has 0 radical (unpaired) electrons. The number of hydrogen-bond donors (Lipinski definition) is 1. The maximum absolute atomic E-state index is 6.03. The van der Waals surface area contributed by atoms with E-state index in [0.29, 0.717) is 5.67 Å². The zero-order valence-electron chi connectivity index (χ0n) is 12.9. The van der Waals surface area contributed by atoms with Crippen molar-refractivity contribution in [2.24, 2.45) is 11.8 Å². The second kappa shape index (κ2) is 7.20. The Morgan fingerprint density at radius 2 is 1.84 bits per heavy atom. The van der Waals surface area contributed by atoms with Crippen molar-refractivity contribution in [1.82, 2.24) is 5.32 Å². The van der Waals surface area contributed by atoms with Gasteiger partial charge in [0.2, 0.25) is 0 Å². The largest absolute Gasteiger partial charge is 0.397 e. The molecule has 0 aromatic carbocycles. The summed E-state index contributed by atoms with van der Waals surface area (Å²) in [6, 6.07) is 1.14. The van der Waals surface area contributed by atoms with Crippen molar-refractivity contribution in [3.05, 3.63) is 0 Å². The van der Waals surface area contributed by atoms with E-state index < -0.39 is 8.56 Å². The van der Waals surface area contributed by atoms with E-state index in [1.54, 1.807) is 0 Å². The Labute approximate surface area is 119 Å². The Balaban J connectivity index is 2.13. The maximum Gasteiger partial charge on any atom is 0.355 e. The lowest BCUT2D eigenvalue weighted by Crippen LogP contribution is -2.65. The highest BCUT2D eigenvalue weighted by Crippen LogP contribution is 2.40. The molecule has 1 aliphatic carbocycles. The summed E-state index contributed by atoms with van der Waals surface area (Å²) >= 11 is 0. The molecule has 0 spiro atoms. The van der Waals surface area contributed by atoms with Crippen molar-refractivity contribution in [3.63, 3.8) is 0 Å². The van der Waals surface area contributed by atoms with E-state index in [1.807, 2.05) is 14.2 Å². The standard InChI is InChI=1S/C15H31NO2Si/c1-4-5-12-19(17-2,18-3)15-14-9-7-6-8-13(14)10-11-16-15/h13-16H,4-12H2,1-3H3. The third kappa shape index (κ3) is 3.23. The molecule has 112 valence electrons. The van der Waals surface area contributed by atoms with Crippen molar-refractivity contribution in [3.8, 4) is 0 Å². The SMILES string of the molecule is CCCC[Si](OC)(OC)C1NCCC2CCCCC21. The second-order valence-electron chi connectivity index (χ2n) is 6.25. The molecule has 3 unspecified atom stereocenters. The van der Waals surface area contributed by atoms with Crippen molar-refractivity contribution < 1.29 is 8.85 Å². The molecule has 2 fully saturated rings. The summed E-state index contributed by atoms with van der Waals surface area (Å²) in [6.45, 7) is 3.40. The van der Waals surface area contributed by atoms with Crippen molar-refractivity contribution >= 4 is 8.56 Å². The van der Waals surface area contributed by atoms with Gasteiger partial charge in [0, 0.05) is 14.2 Å². The molecule has 1 saturated heterocycles. The lowest BCUT2D eigenvalue weighted by molar-refractivity contribution is 0.122. The van der Waals surface area contributed by atoms with Crippen LogP contribution in [0, 0.1) is 11.8 Å². The minimum atomic E-state index is -2.08. The van der Waals surface area contributed by atoms with Crippen LogP contribution in [0.2, 0.25) is 6.04 Å². The highest BCUT2D eigenvalue weighted by Gasteiger charge is 2.51. The molecule has 1 heterocycles. The molecule has 0 aromatic rings. The maximum atomic E-state index is 6.03. The van der Waals surface area contributed by atoms with Gasteiger partial charge in [0.1, 0.15) is 0 Å². The normalized spacial score (nSPS) is 32.1.